The van der Waals surface area contributed by atoms with Crippen LogP contribution in [0.1, 0.15) is 18.4 Å². The van der Waals surface area contributed by atoms with E-state index >= 15 is 0 Å². The summed E-state index contributed by atoms with van der Waals surface area (Å²) in [7, 11) is -3.04. The smallest absolute Gasteiger partial charge is 0.211 e. The van der Waals surface area contributed by atoms with Crippen molar-refractivity contribution in [2.24, 2.45) is 5.92 Å². The Bertz CT molecular complexity index is 504. The number of pyridine rings is 1. The molecule has 1 atom stereocenters. The number of hydrogen-bond donors (Lipinski definition) is 1. The van der Waals surface area contributed by atoms with E-state index in [0.29, 0.717) is 19.0 Å². The molecule has 20 heavy (non-hydrogen) atoms. The Hall–Kier alpha value is -0.980. The number of hydrogen-bond acceptors (Lipinski definition) is 4. The van der Waals surface area contributed by atoms with Crippen LogP contribution in [0.4, 0.5) is 0 Å². The van der Waals surface area contributed by atoms with Crippen LogP contribution < -0.4 is 5.32 Å². The van der Waals surface area contributed by atoms with E-state index in [9.17, 15) is 8.42 Å². The van der Waals surface area contributed by atoms with Gasteiger partial charge in [-0.1, -0.05) is 6.07 Å². The SMILES string of the molecule is CS(=O)(=O)N1CCCC(CNCCc2cccnc2)C1. The summed E-state index contributed by atoms with van der Waals surface area (Å²) in [6.07, 6.45) is 7.97. The summed E-state index contributed by atoms with van der Waals surface area (Å²) >= 11 is 0. The van der Waals surface area contributed by atoms with Gasteiger partial charge in [-0.3, -0.25) is 4.98 Å². The minimum Gasteiger partial charge on any atom is -0.316 e. The first kappa shape index (κ1) is 15.4. The molecule has 0 bridgehead atoms. The molecule has 0 aromatic carbocycles. The van der Waals surface area contributed by atoms with Gasteiger partial charge in [-0.2, -0.15) is 0 Å². The van der Waals surface area contributed by atoms with Crippen molar-refractivity contribution in [3.8, 4) is 0 Å². The van der Waals surface area contributed by atoms with E-state index in [1.807, 2.05) is 12.3 Å². The normalized spacial score (nSPS) is 20.9. The molecule has 2 heterocycles. The van der Waals surface area contributed by atoms with Crippen LogP contribution in [0.5, 0.6) is 0 Å². The fourth-order valence-corrected chi connectivity index (χ4v) is 3.52. The highest BCUT2D eigenvalue weighted by Gasteiger charge is 2.25. The lowest BCUT2D eigenvalue weighted by atomic mass is 10.00. The van der Waals surface area contributed by atoms with Gasteiger partial charge in [0.15, 0.2) is 0 Å². The minimum atomic E-state index is -3.04. The van der Waals surface area contributed by atoms with Crippen molar-refractivity contribution in [2.45, 2.75) is 19.3 Å². The van der Waals surface area contributed by atoms with E-state index in [-0.39, 0.29) is 0 Å². The highest BCUT2D eigenvalue weighted by molar-refractivity contribution is 7.88. The van der Waals surface area contributed by atoms with Crippen LogP contribution >= 0.6 is 0 Å². The molecule has 1 N–H and O–H groups in total. The standard InChI is InChI=1S/C14H23N3O2S/c1-20(18,19)17-9-3-5-14(12-17)11-16-8-6-13-4-2-7-15-10-13/h2,4,7,10,14,16H,3,5-6,8-9,11-12H2,1H3. The van der Waals surface area contributed by atoms with Crippen LogP contribution in [0.3, 0.4) is 0 Å². The first-order chi connectivity index (χ1) is 9.55. The third-order valence-electron chi connectivity index (χ3n) is 3.70. The first-order valence-electron chi connectivity index (χ1n) is 7.10. The summed E-state index contributed by atoms with van der Waals surface area (Å²) in [5.74, 6) is 0.423. The lowest BCUT2D eigenvalue weighted by molar-refractivity contribution is 0.262. The zero-order valence-electron chi connectivity index (χ0n) is 12.0. The summed E-state index contributed by atoms with van der Waals surface area (Å²) in [6.45, 7) is 3.11. The molecule has 0 aliphatic carbocycles. The molecule has 2 rings (SSSR count). The minimum absolute atomic E-state index is 0.423. The third kappa shape index (κ3) is 4.85. The lowest BCUT2D eigenvalue weighted by Gasteiger charge is -2.31. The van der Waals surface area contributed by atoms with Crippen LogP contribution in [0, 0.1) is 5.92 Å². The van der Waals surface area contributed by atoms with Crippen LogP contribution in [0.2, 0.25) is 0 Å². The molecule has 0 spiro atoms. The van der Waals surface area contributed by atoms with Gasteiger partial charge in [-0.25, -0.2) is 12.7 Å². The summed E-state index contributed by atoms with van der Waals surface area (Å²) in [6, 6.07) is 4.02. The van der Waals surface area contributed by atoms with Gasteiger partial charge in [-0.05, 0) is 49.9 Å². The average molecular weight is 297 g/mol. The van der Waals surface area contributed by atoms with Crippen LogP contribution in [-0.4, -0.2) is 50.1 Å². The molecular formula is C14H23N3O2S. The van der Waals surface area contributed by atoms with Gasteiger partial charge in [-0.15, -0.1) is 0 Å². The second kappa shape index (κ2) is 7.15. The maximum absolute atomic E-state index is 11.5. The maximum Gasteiger partial charge on any atom is 0.211 e. The molecule has 112 valence electrons. The number of nitrogens with one attached hydrogen (secondary N) is 1. The molecule has 1 fully saturated rings. The predicted molar refractivity (Wildman–Crippen MR) is 80.0 cm³/mol. The molecule has 0 saturated carbocycles. The van der Waals surface area contributed by atoms with Crippen molar-refractivity contribution in [3.63, 3.8) is 0 Å². The Labute approximate surface area is 121 Å². The largest absolute Gasteiger partial charge is 0.316 e. The molecule has 1 unspecified atom stereocenters. The lowest BCUT2D eigenvalue weighted by Crippen LogP contribution is -2.42. The van der Waals surface area contributed by atoms with Gasteiger partial charge in [0.05, 0.1) is 6.26 Å². The van der Waals surface area contributed by atoms with Crippen molar-refractivity contribution >= 4 is 10.0 Å². The number of sulfonamides is 1. The van der Waals surface area contributed by atoms with Crippen LogP contribution in [0.25, 0.3) is 0 Å². The molecule has 1 aromatic rings. The number of aromatic nitrogens is 1. The Morgan fingerprint density at radius 2 is 2.35 bits per heavy atom. The highest BCUT2D eigenvalue weighted by Crippen LogP contribution is 2.17. The average Bonchev–Trinajstić information content (AvgIpc) is 2.44. The quantitative estimate of drug-likeness (QED) is 0.792. The van der Waals surface area contributed by atoms with Crippen molar-refractivity contribution in [2.75, 3.05) is 32.4 Å². The fraction of sp³-hybridized carbons (Fsp3) is 0.643. The van der Waals surface area contributed by atoms with Gasteiger partial charge in [0, 0.05) is 25.5 Å². The van der Waals surface area contributed by atoms with Gasteiger partial charge >= 0.3 is 0 Å². The molecule has 1 saturated heterocycles. The zero-order chi connectivity index (χ0) is 14.4. The Morgan fingerprint density at radius 3 is 3.05 bits per heavy atom. The Kier molecular flexibility index (Phi) is 5.51. The maximum atomic E-state index is 11.5. The Morgan fingerprint density at radius 1 is 1.50 bits per heavy atom. The van der Waals surface area contributed by atoms with Gasteiger partial charge in [0.1, 0.15) is 0 Å². The predicted octanol–water partition coefficient (Wildman–Crippen LogP) is 0.885. The number of piperidine rings is 1. The van der Waals surface area contributed by atoms with Crippen LogP contribution in [0.15, 0.2) is 24.5 Å². The molecule has 0 radical (unpaired) electrons. The molecule has 6 heteroatoms. The molecule has 1 aromatic heterocycles. The molecule has 0 amide bonds. The van der Waals surface area contributed by atoms with Crippen LogP contribution in [-0.2, 0) is 16.4 Å². The van der Waals surface area contributed by atoms with E-state index in [2.05, 4.69) is 16.4 Å². The summed E-state index contributed by atoms with van der Waals surface area (Å²) in [5, 5.41) is 3.43. The van der Waals surface area contributed by atoms with Crippen molar-refractivity contribution in [1.29, 1.82) is 0 Å². The third-order valence-corrected chi connectivity index (χ3v) is 4.97. The van der Waals surface area contributed by atoms with Crippen molar-refractivity contribution in [3.05, 3.63) is 30.1 Å². The Balaban J connectivity index is 1.69. The van der Waals surface area contributed by atoms with E-state index in [1.165, 1.54) is 11.8 Å². The molecular weight excluding hydrogens is 274 g/mol. The van der Waals surface area contributed by atoms with E-state index in [4.69, 9.17) is 0 Å². The zero-order valence-corrected chi connectivity index (χ0v) is 12.8. The van der Waals surface area contributed by atoms with E-state index < -0.39 is 10.0 Å². The topological polar surface area (TPSA) is 62.3 Å². The van der Waals surface area contributed by atoms with Gasteiger partial charge in [0.25, 0.3) is 0 Å². The van der Waals surface area contributed by atoms with E-state index in [1.54, 1.807) is 10.5 Å². The molecule has 5 nitrogen and oxygen atoms in total. The first-order valence-corrected chi connectivity index (χ1v) is 8.95. The van der Waals surface area contributed by atoms with Crippen molar-refractivity contribution < 1.29 is 8.42 Å². The van der Waals surface area contributed by atoms with Gasteiger partial charge in [0.2, 0.25) is 10.0 Å². The van der Waals surface area contributed by atoms with Gasteiger partial charge < -0.3 is 5.32 Å². The monoisotopic (exact) mass is 297 g/mol. The second-order valence-electron chi connectivity index (χ2n) is 5.44. The number of rotatable bonds is 6. The second-order valence-corrected chi connectivity index (χ2v) is 7.43. The molecule has 1 aliphatic heterocycles. The molecule has 1 aliphatic rings. The summed E-state index contributed by atoms with van der Waals surface area (Å²) in [5.41, 5.74) is 1.22. The summed E-state index contributed by atoms with van der Waals surface area (Å²) < 4.78 is 24.7. The van der Waals surface area contributed by atoms with E-state index in [0.717, 1.165) is 32.4 Å². The fourth-order valence-electron chi connectivity index (χ4n) is 2.58. The number of nitrogens with zero attached hydrogens (tertiary/aromatic N) is 2. The van der Waals surface area contributed by atoms with Crippen molar-refractivity contribution in [1.82, 2.24) is 14.6 Å². The summed E-state index contributed by atoms with van der Waals surface area (Å²) in [4.78, 5) is 4.09. The highest BCUT2D eigenvalue weighted by atomic mass is 32.2.